The van der Waals surface area contributed by atoms with E-state index in [4.69, 9.17) is 24.0 Å². The highest BCUT2D eigenvalue weighted by Gasteiger charge is 2.17. The van der Waals surface area contributed by atoms with E-state index in [2.05, 4.69) is 4.99 Å². The molecule has 31 heavy (non-hydrogen) atoms. The van der Waals surface area contributed by atoms with Crippen molar-refractivity contribution in [1.29, 1.82) is 0 Å². The standard InChI is InChI=1S/C23H27N3O4S/c1-15(11-16-7-9-18(27-3)10-8-16)25-26-19(14-31-23(26)24-2)17-12-20(28-4)22(30-6)21(13-17)29-5/h7-10,12-14H,11H2,1-6H3. The molecule has 7 nitrogen and oxygen atoms in total. The summed E-state index contributed by atoms with van der Waals surface area (Å²) in [6.07, 6.45) is 0.713. The molecule has 0 radical (unpaired) electrons. The topological polar surface area (TPSA) is 66.6 Å². The summed E-state index contributed by atoms with van der Waals surface area (Å²) in [4.78, 5) is 5.18. The summed E-state index contributed by atoms with van der Waals surface area (Å²) in [7, 11) is 8.22. The molecule has 0 aliphatic heterocycles. The summed E-state index contributed by atoms with van der Waals surface area (Å²) in [5.74, 6) is 2.56. The van der Waals surface area contributed by atoms with Crippen molar-refractivity contribution < 1.29 is 18.9 Å². The number of hydrogen-bond acceptors (Lipinski definition) is 7. The van der Waals surface area contributed by atoms with E-state index in [9.17, 15) is 0 Å². The molecule has 0 unspecified atom stereocenters. The first-order chi connectivity index (χ1) is 15.0. The number of hydrogen-bond donors (Lipinski definition) is 0. The van der Waals surface area contributed by atoms with Gasteiger partial charge in [0.05, 0.1) is 34.1 Å². The summed E-state index contributed by atoms with van der Waals surface area (Å²) >= 11 is 1.52. The van der Waals surface area contributed by atoms with Crippen LogP contribution in [0.15, 0.2) is 51.9 Å². The van der Waals surface area contributed by atoms with Gasteiger partial charge in [-0.15, -0.1) is 11.3 Å². The Hall–Kier alpha value is -3.26. The van der Waals surface area contributed by atoms with Crippen molar-refractivity contribution in [1.82, 2.24) is 4.68 Å². The van der Waals surface area contributed by atoms with Crippen molar-refractivity contribution in [3.63, 3.8) is 0 Å². The van der Waals surface area contributed by atoms with Gasteiger partial charge in [-0.1, -0.05) is 12.1 Å². The summed E-state index contributed by atoms with van der Waals surface area (Å²) in [5.41, 5.74) is 3.88. The van der Waals surface area contributed by atoms with Crippen LogP contribution in [0.1, 0.15) is 12.5 Å². The normalized spacial score (nSPS) is 12.1. The number of ether oxygens (including phenoxy) is 4. The molecule has 0 amide bonds. The van der Waals surface area contributed by atoms with Gasteiger partial charge in [0.15, 0.2) is 11.5 Å². The summed E-state index contributed by atoms with van der Waals surface area (Å²) in [5, 5.41) is 6.88. The van der Waals surface area contributed by atoms with Crippen LogP contribution in [0, 0.1) is 0 Å². The van der Waals surface area contributed by atoms with Crippen molar-refractivity contribution in [3.05, 3.63) is 52.1 Å². The molecule has 3 rings (SSSR count). The Morgan fingerprint density at radius 3 is 2.10 bits per heavy atom. The molecule has 164 valence electrons. The van der Waals surface area contributed by atoms with Crippen molar-refractivity contribution >= 4 is 17.0 Å². The smallest absolute Gasteiger partial charge is 0.205 e. The molecule has 0 spiro atoms. The number of rotatable bonds is 8. The maximum Gasteiger partial charge on any atom is 0.205 e. The summed E-state index contributed by atoms with van der Waals surface area (Å²) in [6, 6.07) is 11.8. The van der Waals surface area contributed by atoms with Crippen LogP contribution in [0.4, 0.5) is 0 Å². The van der Waals surface area contributed by atoms with Crippen LogP contribution in [0.3, 0.4) is 0 Å². The maximum absolute atomic E-state index is 5.51. The van der Waals surface area contributed by atoms with Crippen LogP contribution in [-0.2, 0) is 6.42 Å². The molecule has 1 aromatic heterocycles. The zero-order valence-corrected chi connectivity index (χ0v) is 19.4. The van der Waals surface area contributed by atoms with Gasteiger partial charge in [0.1, 0.15) is 5.75 Å². The maximum atomic E-state index is 5.51. The molecule has 0 aliphatic carbocycles. The minimum absolute atomic E-state index is 0.551. The first-order valence-electron chi connectivity index (χ1n) is 9.65. The van der Waals surface area contributed by atoms with Crippen LogP contribution in [0.25, 0.3) is 11.3 Å². The van der Waals surface area contributed by atoms with Crippen molar-refractivity contribution in [2.75, 3.05) is 35.5 Å². The molecule has 0 aliphatic rings. The molecule has 0 saturated carbocycles. The Balaban J connectivity index is 2.03. The van der Waals surface area contributed by atoms with Gasteiger partial charge < -0.3 is 18.9 Å². The molecular formula is C23H27N3O4S. The van der Waals surface area contributed by atoms with Crippen LogP contribution < -0.4 is 23.7 Å². The van der Waals surface area contributed by atoms with Crippen LogP contribution >= 0.6 is 11.3 Å². The molecule has 0 saturated heterocycles. The second-order valence-corrected chi connectivity index (χ2v) is 7.55. The van der Waals surface area contributed by atoms with Gasteiger partial charge >= 0.3 is 0 Å². The fourth-order valence-corrected chi connectivity index (χ4v) is 4.02. The Morgan fingerprint density at radius 2 is 1.58 bits per heavy atom. The molecule has 0 N–H and O–H groups in total. The second-order valence-electron chi connectivity index (χ2n) is 6.71. The van der Waals surface area contributed by atoms with Crippen LogP contribution in [0.2, 0.25) is 0 Å². The first-order valence-corrected chi connectivity index (χ1v) is 10.5. The summed E-state index contributed by atoms with van der Waals surface area (Å²) < 4.78 is 23.6. The lowest BCUT2D eigenvalue weighted by molar-refractivity contribution is 0.324. The first kappa shape index (κ1) is 22.4. The molecule has 0 bridgehead atoms. The average Bonchev–Trinajstić information content (AvgIpc) is 3.20. The van der Waals surface area contributed by atoms with Crippen molar-refractivity contribution in [2.45, 2.75) is 13.3 Å². The zero-order valence-electron chi connectivity index (χ0n) is 18.6. The van der Waals surface area contributed by atoms with E-state index in [0.717, 1.165) is 33.1 Å². The van der Waals surface area contributed by atoms with Crippen LogP contribution in [0.5, 0.6) is 23.0 Å². The number of benzene rings is 2. The quantitative estimate of drug-likeness (QED) is 0.490. The van der Waals surface area contributed by atoms with E-state index in [0.29, 0.717) is 23.7 Å². The van der Waals surface area contributed by atoms with Crippen LogP contribution in [-0.4, -0.2) is 45.9 Å². The minimum Gasteiger partial charge on any atom is -0.497 e. The average molecular weight is 442 g/mol. The van der Waals surface area contributed by atoms with Gasteiger partial charge in [-0.2, -0.15) is 5.10 Å². The Bertz CT molecular complexity index is 1110. The molecule has 0 fully saturated rings. The number of methoxy groups -OCH3 is 4. The lowest BCUT2D eigenvalue weighted by atomic mass is 10.1. The lowest BCUT2D eigenvalue weighted by Crippen LogP contribution is -2.14. The van der Waals surface area contributed by atoms with Gasteiger partial charge in [-0.25, -0.2) is 4.68 Å². The lowest BCUT2D eigenvalue weighted by Gasteiger charge is -2.14. The van der Waals surface area contributed by atoms with Gasteiger partial charge in [-0.05, 0) is 36.8 Å². The third kappa shape index (κ3) is 4.91. The van der Waals surface area contributed by atoms with E-state index < -0.39 is 0 Å². The summed E-state index contributed by atoms with van der Waals surface area (Å²) in [6.45, 7) is 2.01. The monoisotopic (exact) mass is 441 g/mol. The molecule has 0 atom stereocenters. The van der Waals surface area contributed by atoms with E-state index in [1.54, 1.807) is 35.5 Å². The second kappa shape index (κ2) is 10.2. The van der Waals surface area contributed by atoms with E-state index in [1.165, 1.54) is 11.3 Å². The van der Waals surface area contributed by atoms with E-state index in [-0.39, 0.29) is 0 Å². The van der Waals surface area contributed by atoms with Gasteiger partial charge in [0, 0.05) is 30.1 Å². The Labute approximate surface area is 186 Å². The zero-order chi connectivity index (χ0) is 22.4. The highest BCUT2D eigenvalue weighted by Crippen LogP contribution is 2.41. The Kier molecular flexibility index (Phi) is 7.36. The largest absolute Gasteiger partial charge is 0.497 e. The number of aromatic nitrogens is 1. The molecular weight excluding hydrogens is 414 g/mol. The Morgan fingerprint density at radius 1 is 0.935 bits per heavy atom. The van der Waals surface area contributed by atoms with E-state index in [1.807, 2.05) is 53.4 Å². The number of nitrogens with zero attached hydrogens (tertiary/aromatic N) is 3. The highest BCUT2D eigenvalue weighted by molar-refractivity contribution is 7.07. The fraction of sp³-hybridized carbons (Fsp3) is 0.304. The van der Waals surface area contributed by atoms with Gasteiger partial charge in [0.25, 0.3) is 0 Å². The SMILES string of the molecule is CN=c1scc(-c2cc(OC)c(OC)c(OC)c2)n1N=C(C)Cc1ccc(OC)cc1. The predicted octanol–water partition coefficient (Wildman–Crippen LogP) is 4.25. The van der Waals surface area contributed by atoms with Gasteiger partial charge in [0.2, 0.25) is 10.6 Å². The van der Waals surface area contributed by atoms with Crippen molar-refractivity contribution in [2.24, 2.45) is 10.1 Å². The highest BCUT2D eigenvalue weighted by atomic mass is 32.1. The number of thiazole rings is 1. The predicted molar refractivity (Wildman–Crippen MR) is 124 cm³/mol. The molecule has 2 aromatic carbocycles. The molecule has 1 heterocycles. The third-order valence-electron chi connectivity index (χ3n) is 4.73. The minimum atomic E-state index is 0.551. The fourth-order valence-electron chi connectivity index (χ4n) is 3.22. The van der Waals surface area contributed by atoms with E-state index >= 15 is 0 Å². The third-order valence-corrected chi connectivity index (χ3v) is 5.63. The van der Waals surface area contributed by atoms with Crippen molar-refractivity contribution in [3.8, 4) is 34.3 Å². The molecule has 8 heteroatoms. The van der Waals surface area contributed by atoms with Gasteiger partial charge in [-0.3, -0.25) is 4.99 Å². The molecule has 3 aromatic rings.